The molecular formula is C22H25FN2O6S. The molecule has 10 heteroatoms. The number of methoxy groups -OCH3 is 1. The van der Waals surface area contributed by atoms with Crippen molar-refractivity contribution in [3.63, 3.8) is 0 Å². The molecule has 0 bridgehead atoms. The number of nitrogens with one attached hydrogen (secondary N) is 1. The number of rotatable bonds is 7. The standard InChI is InChI=1S/C22H25FN2O6S/c1-15-6-7-16(23)12-18(15)22(27)31-14-21(26)24-17-8-9-19(30-2)20(13-17)32(28,29)25-10-4-3-5-11-25/h6-9,12-13H,3-5,10-11,14H2,1-2H3,(H,24,26). The summed E-state index contributed by atoms with van der Waals surface area (Å²) in [6.45, 7) is 1.86. The zero-order valence-corrected chi connectivity index (χ0v) is 18.7. The first kappa shape index (κ1) is 23.7. The normalized spacial score (nSPS) is 14.6. The number of anilines is 1. The molecule has 1 aliphatic heterocycles. The lowest BCUT2D eigenvalue weighted by atomic mass is 10.1. The molecule has 1 saturated heterocycles. The lowest BCUT2D eigenvalue weighted by Crippen LogP contribution is -2.35. The second-order valence-corrected chi connectivity index (χ2v) is 9.32. The average Bonchev–Trinajstić information content (AvgIpc) is 2.79. The van der Waals surface area contributed by atoms with E-state index in [4.69, 9.17) is 9.47 Å². The molecule has 2 aromatic rings. The summed E-state index contributed by atoms with van der Waals surface area (Å²) in [6.07, 6.45) is 2.55. The highest BCUT2D eigenvalue weighted by atomic mass is 32.2. The van der Waals surface area contributed by atoms with Gasteiger partial charge in [-0.3, -0.25) is 4.79 Å². The number of aryl methyl sites for hydroxylation is 1. The van der Waals surface area contributed by atoms with Crippen molar-refractivity contribution in [2.24, 2.45) is 0 Å². The third kappa shape index (κ3) is 5.43. The summed E-state index contributed by atoms with van der Waals surface area (Å²) in [7, 11) is -2.43. The summed E-state index contributed by atoms with van der Waals surface area (Å²) in [5.41, 5.74) is 0.751. The maximum atomic E-state index is 13.4. The van der Waals surface area contributed by atoms with Crippen LogP contribution in [-0.2, 0) is 19.6 Å². The van der Waals surface area contributed by atoms with E-state index in [-0.39, 0.29) is 21.9 Å². The fraction of sp³-hybridized carbons (Fsp3) is 0.364. The molecule has 0 radical (unpaired) electrons. The molecule has 1 N–H and O–H groups in total. The third-order valence-corrected chi connectivity index (χ3v) is 7.05. The molecule has 0 aromatic heterocycles. The third-order valence-electron chi connectivity index (χ3n) is 5.13. The topological polar surface area (TPSA) is 102 Å². The molecule has 0 spiro atoms. The number of esters is 1. The van der Waals surface area contributed by atoms with Crippen molar-refractivity contribution in [1.82, 2.24) is 4.31 Å². The predicted molar refractivity (Wildman–Crippen MR) is 116 cm³/mol. The van der Waals surface area contributed by atoms with E-state index in [1.165, 1.54) is 41.7 Å². The van der Waals surface area contributed by atoms with Gasteiger partial charge < -0.3 is 14.8 Å². The van der Waals surface area contributed by atoms with Crippen LogP contribution in [0.25, 0.3) is 0 Å². The highest BCUT2D eigenvalue weighted by molar-refractivity contribution is 7.89. The largest absolute Gasteiger partial charge is 0.495 e. The Kier molecular flexibility index (Phi) is 7.47. The molecule has 0 saturated carbocycles. The Morgan fingerprint density at radius 3 is 2.50 bits per heavy atom. The number of hydrogen-bond acceptors (Lipinski definition) is 6. The van der Waals surface area contributed by atoms with Crippen LogP contribution in [-0.4, -0.2) is 51.4 Å². The quantitative estimate of drug-likeness (QED) is 0.632. The maximum Gasteiger partial charge on any atom is 0.339 e. The summed E-state index contributed by atoms with van der Waals surface area (Å²) in [4.78, 5) is 24.4. The number of piperidine rings is 1. The van der Waals surface area contributed by atoms with Crippen molar-refractivity contribution in [2.45, 2.75) is 31.1 Å². The van der Waals surface area contributed by atoms with E-state index in [1.54, 1.807) is 6.92 Å². The Morgan fingerprint density at radius 1 is 1.09 bits per heavy atom. The van der Waals surface area contributed by atoms with Gasteiger partial charge in [0.15, 0.2) is 6.61 Å². The average molecular weight is 465 g/mol. The Balaban J connectivity index is 1.70. The molecule has 0 aliphatic carbocycles. The number of sulfonamides is 1. The fourth-order valence-electron chi connectivity index (χ4n) is 3.42. The molecule has 32 heavy (non-hydrogen) atoms. The molecule has 8 nitrogen and oxygen atoms in total. The Bertz CT molecular complexity index is 1110. The van der Waals surface area contributed by atoms with E-state index in [0.717, 1.165) is 25.3 Å². The van der Waals surface area contributed by atoms with Gasteiger partial charge in [-0.1, -0.05) is 12.5 Å². The first-order valence-corrected chi connectivity index (χ1v) is 11.6. The summed E-state index contributed by atoms with van der Waals surface area (Å²) < 4.78 is 51.1. The van der Waals surface area contributed by atoms with Gasteiger partial charge >= 0.3 is 5.97 Å². The molecule has 1 aliphatic rings. The number of halogens is 1. The molecule has 0 unspecified atom stereocenters. The van der Waals surface area contributed by atoms with Crippen LogP contribution < -0.4 is 10.1 Å². The zero-order chi connectivity index (χ0) is 23.3. The van der Waals surface area contributed by atoms with Gasteiger partial charge in [-0.2, -0.15) is 4.31 Å². The predicted octanol–water partition coefficient (Wildman–Crippen LogP) is 3.11. The van der Waals surface area contributed by atoms with Gasteiger partial charge in [0, 0.05) is 18.8 Å². The van der Waals surface area contributed by atoms with Crippen molar-refractivity contribution in [3.05, 3.63) is 53.3 Å². The molecular weight excluding hydrogens is 439 g/mol. The van der Waals surface area contributed by atoms with Crippen LogP contribution in [0.1, 0.15) is 35.2 Å². The molecule has 1 fully saturated rings. The smallest absolute Gasteiger partial charge is 0.339 e. The second kappa shape index (κ2) is 10.1. The highest BCUT2D eigenvalue weighted by Gasteiger charge is 2.29. The lowest BCUT2D eigenvalue weighted by Gasteiger charge is -2.26. The zero-order valence-electron chi connectivity index (χ0n) is 17.9. The first-order valence-electron chi connectivity index (χ1n) is 10.1. The molecule has 2 aromatic carbocycles. The van der Waals surface area contributed by atoms with E-state index in [1.807, 2.05) is 0 Å². The Morgan fingerprint density at radius 2 is 1.81 bits per heavy atom. The molecule has 172 valence electrons. The van der Waals surface area contributed by atoms with E-state index >= 15 is 0 Å². The lowest BCUT2D eigenvalue weighted by molar-refractivity contribution is -0.119. The van der Waals surface area contributed by atoms with E-state index < -0.39 is 34.3 Å². The van der Waals surface area contributed by atoms with Crippen LogP contribution in [0.2, 0.25) is 0 Å². The van der Waals surface area contributed by atoms with E-state index in [9.17, 15) is 22.4 Å². The minimum atomic E-state index is -3.80. The van der Waals surface area contributed by atoms with Gasteiger partial charge in [-0.05, 0) is 55.7 Å². The number of carbonyl (C=O) groups is 2. The van der Waals surface area contributed by atoms with Crippen molar-refractivity contribution >= 4 is 27.6 Å². The first-order chi connectivity index (χ1) is 15.2. The summed E-state index contributed by atoms with van der Waals surface area (Å²) in [5, 5.41) is 2.51. The molecule has 1 amide bonds. The summed E-state index contributed by atoms with van der Waals surface area (Å²) >= 11 is 0. The van der Waals surface area contributed by atoms with Crippen molar-refractivity contribution in [2.75, 3.05) is 32.1 Å². The minimum Gasteiger partial charge on any atom is -0.495 e. The van der Waals surface area contributed by atoms with E-state index in [2.05, 4.69) is 5.32 Å². The van der Waals surface area contributed by atoms with Crippen molar-refractivity contribution in [3.8, 4) is 5.75 Å². The number of benzene rings is 2. The van der Waals surface area contributed by atoms with Crippen molar-refractivity contribution < 1.29 is 31.9 Å². The Hall–Kier alpha value is -2.98. The molecule has 3 rings (SSSR count). The number of hydrogen-bond donors (Lipinski definition) is 1. The number of amides is 1. The molecule has 0 atom stereocenters. The van der Waals surface area contributed by atoms with E-state index in [0.29, 0.717) is 18.7 Å². The Labute approximate surface area is 186 Å². The van der Waals surface area contributed by atoms with Crippen LogP contribution in [0, 0.1) is 12.7 Å². The fourth-order valence-corrected chi connectivity index (χ4v) is 5.12. The van der Waals surface area contributed by atoms with Gasteiger partial charge in [0.1, 0.15) is 16.5 Å². The summed E-state index contributed by atoms with van der Waals surface area (Å²) in [5.74, 6) is -1.92. The SMILES string of the molecule is COc1ccc(NC(=O)COC(=O)c2cc(F)ccc2C)cc1S(=O)(=O)N1CCCCC1. The van der Waals surface area contributed by atoms with Gasteiger partial charge in [-0.15, -0.1) is 0 Å². The van der Waals surface area contributed by atoms with Gasteiger partial charge in [0.25, 0.3) is 5.91 Å². The van der Waals surface area contributed by atoms with Crippen LogP contribution in [0.5, 0.6) is 5.75 Å². The van der Waals surface area contributed by atoms with Crippen LogP contribution in [0.3, 0.4) is 0 Å². The van der Waals surface area contributed by atoms with Crippen LogP contribution in [0.4, 0.5) is 10.1 Å². The number of carbonyl (C=O) groups excluding carboxylic acids is 2. The van der Waals surface area contributed by atoms with Crippen LogP contribution in [0.15, 0.2) is 41.3 Å². The molecule has 1 heterocycles. The monoisotopic (exact) mass is 464 g/mol. The van der Waals surface area contributed by atoms with Crippen LogP contribution >= 0.6 is 0 Å². The van der Waals surface area contributed by atoms with Gasteiger partial charge in [0.05, 0.1) is 12.7 Å². The minimum absolute atomic E-state index is 0.0251. The highest BCUT2D eigenvalue weighted by Crippen LogP contribution is 2.31. The maximum absolute atomic E-state index is 13.4. The number of ether oxygens (including phenoxy) is 2. The second-order valence-electron chi connectivity index (χ2n) is 7.41. The van der Waals surface area contributed by atoms with Crippen molar-refractivity contribution in [1.29, 1.82) is 0 Å². The summed E-state index contributed by atoms with van der Waals surface area (Å²) in [6, 6.07) is 7.96. The van der Waals surface area contributed by atoms with Gasteiger partial charge in [-0.25, -0.2) is 17.6 Å². The van der Waals surface area contributed by atoms with Gasteiger partial charge in [0.2, 0.25) is 10.0 Å². The number of nitrogens with zero attached hydrogens (tertiary/aromatic N) is 1.